The number of nitrogens with zero attached hydrogens (tertiary/aromatic N) is 2. The van der Waals surface area contributed by atoms with Crippen molar-refractivity contribution < 1.29 is 9.59 Å². The molecule has 92 valence electrons. The highest BCUT2D eigenvalue weighted by Gasteiger charge is 2.45. The Morgan fingerprint density at radius 1 is 1.00 bits per heavy atom. The van der Waals surface area contributed by atoms with E-state index in [-0.39, 0.29) is 23.4 Å². The molecule has 0 spiro atoms. The maximum Gasteiger partial charge on any atom is 0.235 e. The molecule has 4 nitrogen and oxygen atoms in total. The molecule has 0 aliphatic heterocycles. The molecule has 0 bridgehead atoms. The van der Waals surface area contributed by atoms with Crippen LogP contribution >= 0.6 is 11.6 Å². The smallest absolute Gasteiger partial charge is 0.211 e. The minimum Gasteiger partial charge on any atom is -0.211 e. The highest BCUT2D eigenvalue weighted by Crippen LogP contribution is 2.44. The third-order valence-electron chi connectivity index (χ3n) is 4.06. The van der Waals surface area contributed by atoms with E-state index in [1.165, 1.54) is 6.42 Å². The van der Waals surface area contributed by atoms with Gasteiger partial charge in [-0.05, 0) is 31.1 Å². The molecule has 2 rings (SSSR count). The van der Waals surface area contributed by atoms with Gasteiger partial charge in [0.2, 0.25) is 12.2 Å². The summed E-state index contributed by atoms with van der Waals surface area (Å²) in [6, 6.07) is -0.523. The van der Waals surface area contributed by atoms with Crippen molar-refractivity contribution >= 4 is 23.8 Å². The number of hydrogen-bond donors (Lipinski definition) is 0. The number of aliphatic imine (C=N–C) groups is 2. The van der Waals surface area contributed by atoms with Crippen LogP contribution in [-0.2, 0) is 9.59 Å². The Morgan fingerprint density at radius 3 is 2.29 bits per heavy atom. The lowest BCUT2D eigenvalue weighted by atomic mass is 9.66. The van der Waals surface area contributed by atoms with Gasteiger partial charge >= 0.3 is 0 Å². The van der Waals surface area contributed by atoms with Gasteiger partial charge in [-0.25, -0.2) is 14.6 Å². The molecule has 5 atom stereocenters. The molecular weight excluding hydrogens is 240 g/mol. The summed E-state index contributed by atoms with van der Waals surface area (Å²) in [5.41, 5.74) is 0. The summed E-state index contributed by atoms with van der Waals surface area (Å²) in [6.45, 7) is 0. The zero-order chi connectivity index (χ0) is 12.3. The summed E-state index contributed by atoms with van der Waals surface area (Å²) >= 11 is 6.36. The first-order valence-corrected chi connectivity index (χ1v) is 6.49. The number of fused-ring (bicyclic) bond motifs is 1. The highest BCUT2D eigenvalue weighted by atomic mass is 35.5. The van der Waals surface area contributed by atoms with E-state index in [1.807, 2.05) is 0 Å². The van der Waals surface area contributed by atoms with Crippen molar-refractivity contribution in [2.45, 2.75) is 49.6 Å². The Morgan fingerprint density at radius 2 is 1.65 bits per heavy atom. The van der Waals surface area contributed by atoms with Crippen LogP contribution in [0.2, 0.25) is 0 Å². The van der Waals surface area contributed by atoms with Crippen LogP contribution < -0.4 is 0 Å². The van der Waals surface area contributed by atoms with Gasteiger partial charge in [-0.3, -0.25) is 0 Å². The number of alkyl halides is 1. The lowest BCUT2D eigenvalue weighted by Crippen LogP contribution is -2.47. The number of carbonyl (C=O) groups excluding carboxylic acids is 2. The Labute approximate surface area is 105 Å². The molecule has 2 fully saturated rings. The molecule has 0 amide bonds. The first-order chi connectivity index (χ1) is 8.27. The summed E-state index contributed by atoms with van der Waals surface area (Å²) in [6.07, 6.45) is 8.20. The molecule has 2 saturated carbocycles. The lowest BCUT2D eigenvalue weighted by Gasteiger charge is -2.44. The summed E-state index contributed by atoms with van der Waals surface area (Å²) in [5.74, 6) is 0.661. The zero-order valence-electron chi connectivity index (χ0n) is 9.51. The number of hydrogen-bond acceptors (Lipinski definition) is 4. The maximum atomic E-state index is 10.5. The SMILES string of the molecule is O=C=NC1CC(Cl)C2CCCCC2C1N=C=O. The molecule has 17 heavy (non-hydrogen) atoms. The topological polar surface area (TPSA) is 58.9 Å². The van der Waals surface area contributed by atoms with Gasteiger partial charge in [-0.15, -0.1) is 11.6 Å². The van der Waals surface area contributed by atoms with E-state index >= 15 is 0 Å². The molecule has 0 radical (unpaired) electrons. The molecule has 0 aromatic rings. The molecule has 0 aromatic carbocycles. The third-order valence-corrected chi connectivity index (χ3v) is 4.56. The number of rotatable bonds is 2. The van der Waals surface area contributed by atoms with E-state index in [1.54, 1.807) is 12.2 Å². The van der Waals surface area contributed by atoms with Gasteiger partial charge < -0.3 is 0 Å². The molecule has 2 aliphatic carbocycles. The van der Waals surface area contributed by atoms with Crippen LogP contribution in [0.15, 0.2) is 9.98 Å². The molecule has 2 aliphatic rings. The van der Waals surface area contributed by atoms with Crippen LogP contribution in [0.1, 0.15) is 32.1 Å². The largest absolute Gasteiger partial charge is 0.235 e. The van der Waals surface area contributed by atoms with Crippen molar-refractivity contribution in [1.82, 2.24) is 0 Å². The molecule has 5 unspecified atom stereocenters. The quantitative estimate of drug-likeness (QED) is 0.431. The van der Waals surface area contributed by atoms with Crippen molar-refractivity contribution in [3.05, 3.63) is 0 Å². The predicted molar refractivity (Wildman–Crippen MR) is 63.5 cm³/mol. The standard InChI is InChI=1S/C12H15ClN2O2/c13-10-5-11(14-6-16)12(15-7-17)9-4-2-1-3-8(9)10/h8-12H,1-5H2. The Hall–Kier alpha value is -0.950. The van der Waals surface area contributed by atoms with Gasteiger partial charge in [-0.2, -0.15) is 4.99 Å². The van der Waals surface area contributed by atoms with Gasteiger partial charge in [-0.1, -0.05) is 12.8 Å². The maximum absolute atomic E-state index is 10.5. The fourth-order valence-electron chi connectivity index (χ4n) is 3.33. The van der Waals surface area contributed by atoms with Crippen molar-refractivity contribution in [3.63, 3.8) is 0 Å². The predicted octanol–water partition coefficient (Wildman–Crippen LogP) is 2.21. The van der Waals surface area contributed by atoms with Crippen molar-refractivity contribution in [2.24, 2.45) is 21.8 Å². The molecule has 0 aromatic heterocycles. The first kappa shape index (κ1) is 12.5. The van der Waals surface area contributed by atoms with E-state index < -0.39 is 0 Å². The summed E-state index contributed by atoms with van der Waals surface area (Å²) < 4.78 is 0. The molecule has 0 N–H and O–H groups in total. The highest BCUT2D eigenvalue weighted by molar-refractivity contribution is 6.20. The second-order valence-corrected chi connectivity index (χ2v) is 5.42. The second kappa shape index (κ2) is 5.59. The van der Waals surface area contributed by atoms with Gasteiger partial charge in [0.25, 0.3) is 0 Å². The lowest BCUT2D eigenvalue weighted by molar-refractivity contribution is 0.137. The zero-order valence-corrected chi connectivity index (χ0v) is 10.3. The molecule has 0 saturated heterocycles. The van der Waals surface area contributed by atoms with E-state index in [2.05, 4.69) is 9.98 Å². The minimum absolute atomic E-state index is 0.0282. The van der Waals surface area contributed by atoms with E-state index in [0.29, 0.717) is 12.3 Å². The third kappa shape index (κ3) is 2.50. The van der Waals surface area contributed by atoms with Crippen molar-refractivity contribution in [1.29, 1.82) is 0 Å². The van der Waals surface area contributed by atoms with Gasteiger partial charge in [0.05, 0.1) is 12.1 Å². The minimum atomic E-state index is -0.296. The van der Waals surface area contributed by atoms with Crippen LogP contribution in [0.25, 0.3) is 0 Å². The van der Waals surface area contributed by atoms with Gasteiger partial charge in [0, 0.05) is 5.38 Å². The Kier molecular flexibility index (Phi) is 4.11. The van der Waals surface area contributed by atoms with Crippen LogP contribution in [0.4, 0.5) is 0 Å². The molecule has 0 heterocycles. The average molecular weight is 255 g/mol. The molecular formula is C12H15ClN2O2. The van der Waals surface area contributed by atoms with Gasteiger partial charge in [0.1, 0.15) is 0 Å². The normalized spacial score (nSPS) is 40.6. The first-order valence-electron chi connectivity index (χ1n) is 6.06. The number of halogens is 1. The van der Waals surface area contributed by atoms with E-state index in [0.717, 1.165) is 19.3 Å². The Balaban J connectivity index is 2.26. The van der Waals surface area contributed by atoms with E-state index in [4.69, 9.17) is 11.6 Å². The fraction of sp³-hybridized carbons (Fsp3) is 0.833. The van der Waals surface area contributed by atoms with Crippen LogP contribution in [0.5, 0.6) is 0 Å². The molecule has 5 heteroatoms. The van der Waals surface area contributed by atoms with Gasteiger partial charge in [0.15, 0.2) is 0 Å². The Bertz CT molecular complexity index is 375. The summed E-state index contributed by atoms with van der Waals surface area (Å²) in [5, 5.41) is 0.0282. The fourth-order valence-corrected chi connectivity index (χ4v) is 3.83. The monoisotopic (exact) mass is 254 g/mol. The van der Waals surface area contributed by atoms with Crippen LogP contribution in [-0.4, -0.2) is 29.6 Å². The van der Waals surface area contributed by atoms with Crippen LogP contribution in [0, 0.1) is 11.8 Å². The number of isocyanates is 2. The summed E-state index contributed by atoms with van der Waals surface area (Å²) in [4.78, 5) is 28.6. The van der Waals surface area contributed by atoms with Crippen LogP contribution in [0.3, 0.4) is 0 Å². The summed E-state index contributed by atoms with van der Waals surface area (Å²) in [7, 11) is 0. The second-order valence-electron chi connectivity index (χ2n) is 4.86. The van der Waals surface area contributed by atoms with Crippen molar-refractivity contribution in [2.75, 3.05) is 0 Å². The van der Waals surface area contributed by atoms with Crippen molar-refractivity contribution in [3.8, 4) is 0 Å². The van der Waals surface area contributed by atoms with E-state index in [9.17, 15) is 9.59 Å². The average Bonchev–Trinajstić information content (AvgIpc) is 2.34.